The zero-order valence-electron chi connectivity index (χ0n) is 11.7. The summed E-state index contributed by atoms with van der Waals surface area (Å²) in [6.07, 6.45) is 3.21. The van der Waals surface area contributed by atoms with E-state index in [1.54, 1.807) is 48.0 Å². The lowest BCUT2D eigenvalue weighted by Crippen LogP contribution is -2.44. The van der Waals surface area contributed by atoms with E-state index in [9.17, 15) is 9.59 Å². The molecule has 2 amide bonds. The average Bonchev–Trinajstić information content (AvgIpc) is 2.45. The van der Waals surface area contributed by atoms with Crippen molar-refractivity contribution in [2.45, 2.75) is 13.0 Å². The summed E-state index contributed by atoms with van der Waals surface area (Å²) in [5, 5.41) is 3.58. The Morgan fingerprint density at radius 3 is 2.45 bits per heavy atom. The average molecular weight is 339 g/mol. The summed E-state index contributed by atoms with van der Waals surface area (Å²) in [5.41, 5.74) is 6.06. The minimum Gasteiger partial charge on any atom is -0.365 e. The van der Waals surface area contributed by atoms with Crippen molar-refractivity contribution < 1.29 is 14.2 Å². The maximum absolute atomic E-state index is 12.3. The topological polar surface area (TPSA) is 76.1 Å². The lowest BCUT2D eigenvalue weighted by molar-refractivity contribution is -0.705. The zero-order valence-corrected chi connectivity index (χ0v) is 13.2. The highest BCUT2D eigenvalue weighted by Crippen LogP contribution is 2.22. The van der Waals surface area contributed by atoms with E-state index in [0.29, 0.717) is 21.3 Å². The van der Waals surface area contributed by atoms with Crippen LogP contribution in [0.5, 0.6) is 0 Å². The van der Waals surface area contributed by atoms with Gasteiger partial charge in [-0.1, -0.05) is 23.2 Å². The number of primary amides is 1. The number of carbonyl (C=O) groups is 2. The Morgan fingerprint density at radius 1 is 1.23 bits per heavy atom. The summed E-state index contributed by atoms with van der Waals surface area (Å²) >= 11 is 11.8. The highest BCUT2D eigenvalue weighted by atomic mass is 35.5. The van der Waals surface area contributed by atoms with Gasteiger partial charge in [-0.05, 0) is 24.3 Å². The summed E-state index contributed by atoms with van der Waals surface area (Å²) in [7, 11) is 0. The fourth-order valence-corrected chi connectivity index (χ4v) is 2.41. The number of aromatic nitrogens is 1. The van der Waals surface area contributed by atoms with Crippen molar-refractivity contribution in [1.82, 2.24) is 0 Å². The molecule has 0 fully saturated rings. The zero-order chi connectivity index (χ0) is 16.3. The van der Waals surface area contributed by atoms with E-state index >= 15 is 0 Å². The van der Waals surface area contributed by atoms with Crippen molar-refractivity contribution in [3.05, 3.63) is 58.3 Å². The third-order valence-corrected chi connectivity index (χ3v) is 3.50. The van der Waals surface area contributed by atoms with Crippen LogP contribution in [0.1, 0.15) is 23.3 Å². The molecule has 2 rings (SSSR count). The molecule has 22 heavy (non-hydrogen) atoms. The number of nitrogens with zero attached hydrogens (tertiary/aromatic N) is 1. The van der Waals surface area contributed by atoms with Gasteiger partial charge in [0, 0.05) is 28.7 Å². The van der Waals surface area contributed by atoms with E-state index in [1.807, 2.05) is 0 Å². The van der Waals surface area contributed by atoms with Gasteiger partial charge in [0.25, 0.3) is 11.8 Å². The summed E-state index contributed by atoms with van der Waals surface area (Å²) < 4.78 is 1.60. The molecule has 5 nitrogen and oxygen atoms in total. The minimum atomic E-state index is -0.552. The van der Waals surface area contributed by atoms with E-state index in [1.165, 1.54) is 6.20 Å². The van der Waals surface area contributed by atoms with Crippen LogP contribution < -0.4 is 15.6 Å². The lowest BCUT2D eigenvalue weighted by atomic mass is 10.2. The monoisotopic (exact) mass is 338 g/mol. The van der Waals surface area contributed by atoms with Crippen LogP contribution in [0.15, 0.2) is 42.7 Å². The number of hydrogen-bond acceptors (Lipinski definition) is 2. The number of benzene rings is 1. The number of rotatable bonds is 4. The molecule has 0 aliphatic rings. The van der Waals surface area contributed by atoms with E-state index in [2.05, 4.69) is 5.32 Å². The largest absolute Gasteiger partial charge is 0.365 e. The Kier molecular flexibility index (Phi) is 5.00. The maximum atomic E-state index is 12.3. The summed E-state index contributed by atoms with van der Waals surface area (Å²) in [4.78, 5) is 23.5. The Hall–Kier alpha value is -2.11. The first-order valence-electron chi connectivity index (χ1n) is 6.44. The van der Waals surface area contributed by atoms with Crippen LogP contribution in [0.3, 0.4) is 0 Å². The van der Waals surface area contributed by atoms with Gasteiger partial charge < -0.3 is 11.1 Å². The van der Waals surface area contributed by atoms with Crippen molar-refractivity contribution in [3.8, 4) is 0 Å². The summed E-state index contributed by atoms with van der Waals surface area (Å²) in [6.45, 7) is 1.70. The number of nitrogens with one attached hydrogen (secondary N) is 1. The fraction of sp³-hybridized carbons (Fsp3) is 0.133. The minimum absolute atomic E-state index is 0.273. The Morgan fingerprint density at radius 2 is 1.86 bits per heavy atom. The van der Waals surface area contributed by atoms with Gasteiger partial charge in [-0.25, -0.2) is 0 Å². The number of amides is 2. The van der Waals surface area contributed by atoms with Crippen LogP contribution in [-0.4, -0.2) is 11.8 Å². The van der Waals surface area contributed by atoms with Crippen LogP contribution in [0, 0.1) is 0 Å². The Labute approximate surface area is 137 Å². The third-order valence-electron chi connectivity index (χ3n) is 3.06. The van der Waals surface area contributed by atoms with Crippen LogP contribution in [0.2, 0.25) is 10.0 Å². The van der Waals surface area contributed by atoms with Gasteiger partial charge in [0.2, 0.25) is 6.04 Å². The van der Waals surface area contributed by atoms with Gasteiger partial charge in [-0.3, -0.25) is 9.59 Å². The highest BCUT2D eigenvalue weighted by Gasteiger charge is 2.23. The molecule has 0 aliphatic carbocycles. The summed E-state index contributed by atoms with van der Waals surface area (Å²) in [6, 6.07) is 7.47. The molecular formula is C15H14Cl2N3O2+. The molecule has 0 unspecified atom stereocenters. The van der Waals surface area contributed by atoms with Gasteiger partial charge >= 0.3 is 0 Å². The molecule has 0 saturated carbocycles. The molecule has 1 aromatic carbocycles. The van der Waals surface area contributed by atoms with Crippen molar-refractivity contribution in [3.63, 3.8) is 0 Å². The number of hydrogen-bond donors (Lipinski definition) is 2. The predicted molar refractivity (Wildman–Crippen MR) is 85.0 cm³/mol. The normalized spacial score (nSPS) is 11.8. The van der Waals surface area contributed by atoms with Gasteiger partial charge in [0.05, 0.1) is 0 Å². The maximum Gasteiger partial charge on any atom is 0.293 e. The first kappa shape index (κ1) is 16.3. The predicted octanol–water partition coefficient (Wildman–Crippen LogP) is 2.58. The standard InChI is InChI=1S/C15H13Cl2N3O2/c1-9(20-4-2-3-10(8-20)14(18)21)15(22)19-13-6-11(16)5-12(17)7-13/h2-9H,1H3,(H2-,18,19,21,22)/p+1/t9-/m1/s1. The van der Waals surface area contributed by atoms with Crippen molar-refractivity contribution >= 4 is 40.7 Å². The number of anilines is 1. The quantitative estimate of drug-likeness (QED) is 0.840. The second-order valence-corrected chi connectivity index (χ2v) is 5.60. The molecule has 0 saturated heterocycles. The van der Waals surface area contributed by atoms with Crippen molar-refractivity contribution in [2.75, 3.05) is 5.32 Å². The first-order valence-corrected chi connectivity index (χ1v) is 7.20. The second kappa shape index (κ2) is 6.77. The van der Waals surface area contributed by atoms with Gasteiger partial charge in [0.1, 0.15) is 5.56 Å². The number of halogens is 2. The van der Waals surface area contributed by atoms with Crippen molar-refractivity contribution in [1.29, 1.82) is 0 Å². The van der Waals surface area contributed by atoms with Crippen LogP contribution in [0.25, 0.3) is 0 Å². The SMILES string of the molecule is C[C@H](C(=O)Nc1cc(Cl)cc(Cl)c1)[n+]1cccc(C(N)=O)c1. The third kappa shape index (κ3) is 3.96. The molecule has 0 bridgehead atoms. The molecule has 7 heteroatoms. The first-order chi connectivity index (χ1) is 10.4. The van der Waals surface area contributed by atoms with Gasteiger partial charge in [-0.15, -0.1) is 0 Å². The second-order valence-electron chi connectivity index (χ2n) is 4.73. The van der Waals surface area contributed by atoms with Crippen LogP contribution >= 0.6 is 23.2 Å². The van der Waals surface area contributed by atoms with Crippen LogP contribution in [-0.2, 0) is 4.79 Å². The van der Waals surface area contributed by atoms with Gasteiger partial charge in [-0.2, -0.15) is 4.57 Å². The van der Waals surface area contributed by atoms with Crippen LogP contribution in [0.4, 0.5) is 5.69 Å². The molecule has 0 radical (unpaired) electrons. The number of nitrogens with two attached hydrogens (primary N) is 1. The molecule has 1 atom stereocenters. The van der Waals surface area contributed by atoms with Gasteiger partial charge in [0.15, 0.2) is 12.4 Å². The number of carbonyl (C=O) groups excluding carboxylic acids is 2. The Bertz CT molecular complexity index is 714. The molecule has 114 valence electrons. The smallest absolute Gasteiger partial charge is 0.293 e. The molecule has 0 spiro atoms. The molecule has 1 aromatic heterocycles. The fourth-order valence-electron chi connectivity index (χ4n) is 1.89. The van der Waals surface area contributed by atoms with Crippen molar-refractivity contribution in [2.24, 2.45) is 5.73 Å². The van der Waals surface area contributed by atoms with E-state index in [0.717, 1.165) is 0 Å². The molecular weight excluding hydrogens is 325 g/mol. The summed E-state index contributed by atoms with van der Waals surface area (Å²) in [5.74, 6) is -0.825. The molecule has 0 aliphatic heterocycles. The Balaban J connectivity index is 2.18. The molecule has 2 aromatic rings. The highest BCUT2D eigenvalue weighted by molar-refractivity contribution is 6.35. The van der Waals surface area contributed by atoms with E-state index < -0.39 is 11.9 Å². The molecule has 1 heterocycles. The van der Waals surface area contributed by atoms with E-state index in [-0.39, 0.29) is 5.91 Å². The lowest BCUT2D eigenvalue weighted by Gasteiger charge is -2.10. The van der Waals surface area contributed by atoms with E-state index in [4.69, 9.17) is 28.9 Å². The molecule has 3 N–H and O–H groups in total. The number of pyridine rings is 1.